The predicted octanol–water partition coefficient (Wildman–Crippen LogP) is 3.54. The molecule has 0 spiro atoms. The Morgan fingerprint density at radius 1 is 1.03 bits per heavy atom. The van der Waals surface area contributed by atoms with Gasteiger partial charge in [0, 0.05) is 10.9 Å². The number of aryl methyl sites for hydroxylation is 1. The van der Waals surface area contributed by atoms with E-state index in [1.807, 2.05) is 36.4 Å². The van der Waals surface area contributed by atoms with Crippen LogP contribution in [0.25, 0.3) is 5.00 Å². The zero-order valence-electron chi connectivity index (χ0n) is 15.5. The van der Waals surface area contributed by atoms with Gasteiger partial charge in [-0.2, -0.15) is 10.5 Å². The van der Waals surface area contributed by atoms with Crippen LogP contribution in [0.1, 0.15) is 34.4 Å². The van der Waals surface area contributed by atoms with E-state index in [9.17, 15) is 15.3 Å². The molecule has 0 bridgehead atoms. The molecule has 2 heterocycles. The van der Waals surface area contributed by atoms with Gasteiger partial charge in [-0.1, -0.05) is 18.2 Å². The van der Waals surface area contributed by atoms with Gasteiger partial charge in [0.25, 0.3) is 5.56 Å². The molecule has 4 rings (SSSR count). The Labute approximate surface area is 171 Å². The number of nitrogens with two attached hydrogens (primary N) is 1. The standard InChI is InChI=1S/C21H18N6OS/c22-11-15-14-8-4-5-9-18(14)29-21(15)27-19(10-17(24)16(12-23)20(27)28)26-25-13-6-2-1-3-7-13/h1-3,6-7,10,25-26H,4-5,8-9,24H2. The van der Waals surface area contributed by atoms with Crippen LogP contribution < -0.4 is 22.1 Å². The van der Waals surface area contributed by atoms with E-state index in [1.165, 1.54) is 22.0 Å². The summed E-state index contributed by atoms with van der Waals surface area (Å²) in [5, 5.41) is 19.8. The Hall–Kier alpha value is -3.75. The number of pyridine rings is 1. The minimum atomic E-state index is -0.542. The normalized spacial score (nSPS) is 12.5. The third-order valence-corrected chi connectivity index (χ3v) is 6.20. The fraction of sp³-hybridized carbons (Fsp3) is 0.190. The maximum Gasteiger partial charge on any atom is 0.277 e. The highest BCUT2D eigenvalue weighted by Crippen LogP contribution is 2.37. The number of benzene rings is 1. The Morgan fingerprint density at radius 2 is 1.76 bits per heavy atom. The molecule has 0 unspecified atom stereocenters. The second-order valence-corrected chi connectivity index (χ2v) is 7.81. The minimum Gasteiger partial charge on any atom is -0.397 e. The van der Waals surface area contributed by atoms with Crippen molar-refractivity contribution in [2.45, 2.75) is 25.7 Å². The first-order valence-electron chi connectivity index (χ1n) is 9.21. The van der Waals surface area contributed by atoms with Crippen molar-refractivity contribution >= 4 is 28.5 Å². The molecule has 7 nitrogen and oxygen atoms in total. The summed E-state index contributed by atoms with van der Waals surface area (Å²) in [6, 6.07) is 15.1. The van der Waals surface area contributed by atoms with E-state index >= 15 is 0 Å². The minimum absolute atomic E-state index is 0.0888. The Balaban J connectivity index is 1.88. The van der Waals surface area contributed by atoms with E-state index in [1.54, 1.807) is 0 Å². The van der Waals surface area contributed by atoms with Crippen LogP contribution in [0.3, 0.4) is 0 Å². The van der Waals surface area contributed by atoms with Crippen molar-refractivity contribution in [2.75, 3.05) is 16.6 Å². The van der Waals surface area contributed by atoms with E-state index < -0.39 is 5.56 Å². The molecule has 4 N–H and O–H groups in total. The van der Waals surface area contributed by atoms with Gasteiger partial charge in [-0.15, -0.1) is 11.3 Å². The first-order valence-corrected chi connectivity index (χ1v) is 10.0. The van der Waals surface area contributed by atoms with Gasteiger partial charge in [0.2, 0.25) is 0 Å². The summed E-state index contributed by atoms with van der Waals surface area (Å²) in [5.74, 6) is 0.366. The number of anilines is 3. The number of nitrogen functional groups attached to an aromatic ring is 1. The van der Waals surface area contributed by atoms with Crippen LogP contribution in [-0.2, 0) is 12.8 Å². The number of hydrogen-bond donors (Lipinski definition) is 3. The number of nitrogens with one attached hydrogen (secondary N) is 2. The highest BCUT2D eigenvalue weighted by molar-refractivity contribution is 7.15. The molecule has 0 saturated carbocycles. The SMILES string of the molecule is N#Cc1c(-n2c(NNc3ccccc3)cc(N)c(C#N)c2=O)sc2c1CCCC2. The molecule has 0 atom stereocenters. The van der Waals surface area contributed by atoms with Crippen LogP contribution in [0.15, 0.2) is 41.2 Å². The number of aromatic nitrogens is 1. The van der Waals surface area contributed by atoms with Crippen LogP contribution in [0, 0.1) is 22.7 Å². The Bertz CT molecular complexity index is 1210. The van der Waals surface area contributed by atoms with Crippen LogP contribution in [0.4, 0.5) is 17.2 Å². The van der Waals surface area contributed by atoms with E-state index in [4.69, 9.17) is 5.73 Å². The lowest BCUT2D eigenvalue weighted by atomic mass is 9.96. The number of hydrazine groups is 1. The molecule has 0 radical (unpaired) electrons. The van der Waals surface area contributed by atoms with Gasteiger partial charge >= 0.3 is 0 Å². The molecule has 2 aromatic heterocycles. The highest BCUT2D eigenvalue weighted by atomic mass is 32.1. The topological polar surface area (TPSA) is 120 Å². The summed E-state index contributed by atoms with van der Waals surface area (Å²) in [5.41, 5.74) is 13.7. The average molecular weight is 402 g/mol. The van der Waals surface area contributed by atoms with E-state index in [0.717, 1.165) is 41.8 Å². The van der Waals surface area contributed by atoms with E-state index in [0.29, 0.717) is 16.4 Å². The molecule has 0 amide bonds. The maximum absolute atomic E-state index is 13.1. The number of nitrogens with zero attached hydrogens (tertiary/aromatic N) is 3. The van der Waals surface area contributed by atoms with Crippen LogP contribution >= 0.6 is 11.3 Å². The van der Waals surface area contributed by atoms with Gasteiger partial charge < -0.3 is 5.73 Å². The second-order valence-electron chi connectivity index (χ2n) is 6.73. The molecule has 144 valence electrons. The van der Waals surface area contributed by atoms with Gasteiger partial charge in [0.15, 0.2) is 0 Å². The molecule has 0 aliphatic heterocycles. The fourth-order valence-corrected chi connectivity index (χ4v) is 4.87. The summed E-state index contributed by atoms with van der Waals surface area (Å²) in [7, 11) is 0. The summed E-state index contributed by atoms with van der Waals surface area (Å²) in [4.78, 5) is 14.3. The van der Waals surface area contributed by atoms with Crippen LogP contribution in [0.2, 0.25) is 0 Å². The maximum atomic E-state index is 13.1. The molecule has 29 heavy (non-hydrogen) atoms. The number of hydrogen-bond acceptors (Lipinski definition) is 7. The smallest absolute Gasteiger partial charge is 0.277 e. The summed E-state index contributed by atoms with van der Waals surface area (Å²) < 4.78 is 1.38. The highest BCUT2D eigenvalue weighted by Gasteiger charge is 2.25. The van der Waals surface area contributed by atoms with Crippen molar-refractivity contribution in [3.8, 4) is 17.1 Å². The lowest BCUT2D eigenvalue weighted by Crippen LogP contribution is -2.27. The molecule has 0 saturated heterocycles. The van der Waals surface area contributed by atoms with Crippen LogP contribution in [-0.4, -0.2) is 4.57 Å². The van der Waals surface area contributed by atoms with Gasteiger partial charge in [0.1, 0.15) is 28.5 Å². The van der Waals surface area contributed by atoms with Gasteiger partial charge in [-0.05, 0) is 43.4 Å². The second kappa shape index (κ2) is 7.70. The first kappa shape index (κ1) is 18.6. The fourth-order valence-electron chi connectivity index (χ4n) is 3.52. The Kier molecular flexibility index (Phi) is 4.94. The van der Waals surface area contributed by atoms with Gasteiger partial charge in [-0.3, -0.25) is 15.6 Å². The van der Waals surface area contributed by atoms with E-state index in [-0.39, 0.29) is 11.3 Å². The molecule has 3 aromatic rings. The van der Waals surface area contributed by atoms with Crippen molar-refractivity contribution in [2.24, 2.45) is 0 Å². The summed E-state index contributed by atoms with van der Waals surface area (Å²) in [6.45, 7) is 0. The molecule has 1 aromatic carbocycles. The lowest BCUT2D eigenvalue weighted by Gasteiger charge is -2.16. The molecular formula is C21H18N6OS. The third-order valence-electron chi connectivity index (χ3n) is 4.93. The third kappa shape index (κ3) is 3.31. The summed E-state index contributed by atoms with van der Waals surface area (Å²) >= 11 is 1.44. The zero-order valence-corrected chi connectivity index (χ0v) is 16.3. The largest absolute Gasteiger partial charge is 0.397 e. The van der Waals surface area contributed by atoms with Gasteiger partial charge in [-0.25, -0.2) is 4.57 Å². The monoisotopic (exact) mass is 402 g/mol. The molecule has 8 heteroatoms. The predicted molar refractivity (Wildman–Crippen MR) is 114 cm³/mol. The number of rotatable bonds is 4. The molecular weight excluding hydrogens is 384 g/mol. The number of para-hydroxylation sites is 1. The molecule has 1 aliphatic rings. The van der Waals surface area contributed by atoms with Crippen molar-refractivity contribution in [1.29, 1.82) is 10.5 Å². The Morgan fingerprint density at radius 3 is 2.48 bits per heavy atom. The first-order chi connectivity index (χ1) is 14.1. The van der Waals surface area contributed by atoms with Gasteiger partial charge in [0.05, 0.1) is 16.9 Å². The van der Waals surface area contributed by atoms with E-state index in [2.05, 4.69) is 16.9 Å². The van der Waals surface area contributed by atoms with Crippen LogP contribution in [0.5, 0.6) is 0 Å². The molecule has 1 aliphatic carbocycles. The number of nitriles is 2. The molecule has 0 fully saturated rings. The number of thiophene rings is 1. The number of fused-ring (bicyclic) bond motifs is 1. The van der Waals surface area contributed by atoms with Crippen molar-refractivity contribution in [3.63, 3.8) is 0 Å². The van der Waals surface area contributed by atoms with Crippen molar-refractivity contribution in [1.82, 2.24) is 4.57 Å². The van der Waals surface area contributed by atoms with Crippen molar-refractivity contribution < 1.29 is 0 Å². The quantitative estimate of drug-likeness (QED) is 0.574. The lowest BCUT2D eigenvalue weighted by molar-refractivity contribution is 0.695. The summed E-state index contributed by atoms with van der Waals surface area (Å²) in [6.07, 6.45) is 3.82. The average Bonchev–Trinajstić information content (AvgIpc) is 3.11. The van der Waals surface area contributed by atoms with Crippen molar-refractivity contribution in [3.05, 3.63) is 68.3 Å². The zero-order chi connectivity index (χ0) is 20.4.